The first-order valence-electron chi connectivity index (χ1n) is 6.26. The Morgan fingerprint density at radius 2 is 2.47 bits per heavy atom. The van der Waals surface area contributed by atoms with Crippen molar-refractivity contribution >= 4 is 0 Å². The van der Waals surface area contributed by atoms with Gasteiger partial charge >= 0.3 is 0 Å². The van der Waals surface area contributed by atoms with Gasteiger partial charge < -0.3 is 10.5 Å². The lowest BCUT2D eigenvalue weighted by atomic mass is 10.1. The standard InChI is InChI=1S/C13H21N3O/c1-11-9-16(6-3-7-17-11)10-12-4-2-5-15-13(12)8-14/h2,4-5,11H,3,6-10,14H2,1H3. The van der Waals surface area contributed by atoms with Crippen molar-refractivity contribution in [1.29, 1.82) is 0 Å². The lowest BCUT2D eigenvalue weighted by Crippen LogP contribution is -2.30. The maximum Gasteiger partial charge on any atom is 0.0674 e. The van der Waals surface area contributed by atoms with Crippen LogP contribution in [0.2, 0.25) is 0 Å². The highest BCUT2D eigenvalue weighted by molar-refractivity contribution is 5.19. The molecule has 1 fully saturated rings. The van der Waals surface area contributed by atoms with Crippen LogP contribution in [0.1, 0.15) is 24.6 Å². The monoisotopic (exact) mass is 235 g/mol. The van der Waals surface area contributed by atoms with E-state index in [-0.39, 0.29) is 0 Å². The largest absolute Gasteiger partial charge is 0.377 e. The zero-order valence-electron chi connectivity index (χ0n) is 10.4. The van der Waals surface area contributed by atoms with Crippen molar-refractivity contribution in [3.63, 3.8) is 0 Å². The number of aromatic nitrogens is 1. The molecule has 1 saturated heterocycles. The molecule has 2 heterocycles. The molecular formula is C13H21N3O. The molecule has 0 spiro atoms. The second kappa shape index (κ2) is 6.10. The van der Waals surface area contributed by atoms with E-state index in [0.29, 0.717) is 12.6 Å². The second-order valence-electron chi connectivity index (χ2n) is 4.58. The summed E-state index contributed by atoms with van der Waals surface area (Å²) in [4.78, 5) is 6.75. The number of hydrogen-bond donors (Lipinski definition) is 1. The molecule has 1 aromatic rings. The number of nitrogens with two attached hydrogens (primary N) is 1. The number of hydrogen-bond acceptors (Lipinski definition) is 4. The molecule has 1 aliphatic rings. The summed E-state index contributed by atoms with van der Waals surface area (Å²) in [6.07, 6.45) is 3.22. The molecule has 0 amide bonds. The third-order valence-electron chi connectivity index (χ3n) is 3.11. The molecule has 4 heteroatoms. The first kappa shape index (κ1) is 12.5. The van der Waals surface area contributed by atoms with Crippen LogP contribution in [0.15, 0.2) is 18.3 Å². The summed E-state index contributed by atoms with van der Waals surface area (Å²) in [7, 11) is 0. The summed E-state index contributed by atoms with van der Waals surface area (Å²) in [6, 6.07) is 4.10. The zero-order valence-corrected chi connectivity index (χ0v) is 10.4. The highest BCUT2D eigenvalue weighted by atomic mass is 16.5. The number of ether oxygens (including phenoxy) is 1. The Bertz CT molecular complexity index is 356. The van der Waals surface area contributed by atoms with E-state index >= 15 is 0 Å². The smallest absolute Gasteiger partial charge is 0.0674 e. The molecule has 1 unspecified atom stereocenters. The van der Waals surface area contributed by atoms with Crippen LogP contribution in [-0.2, 0) is 17.8 Å². The Balaban J connectivity index is 2.03. The molecule has 0 aromatic carbocycles. The lowest BCUT2D eigenvalue weighted by molar-refractivity contribution is 0.0667. The van der Waals surface area contributed by atoms with Crippen molar-refractivity contribution in [2.24, 2.45) is 5.73 Å². The molecule has 17 heavy (non-hydrogen) atoms. The fourth-order valence-corrected chi connectivity index (χ4v) is 2.26. The zero-order chi connectivity index (χ0) is 12.1. The molecule has 0 saturated carbocycles. The molecule has 1 aromatic heterocycles. The van der Waals surface area contributed by atoms with E-state index in [1.54, 1.807) is 6.20 Å². The average molecular weight is 235 g/mol. The van der Waals surface area contributed by atoms with Crippen LogP contribution in [0, 0.1) is 0 Å². The van der Waals surface area contributed by atoms with Gasteiger partial charge in [0.05, 0.1) is 11.8 Å². The molecule has 94 valence electrons. The summed E-state index contributed by atoms with van der Waals surface area (Å²) in [6.45, 7) is 6.51. The Morgan fingerprint density at radius 3 is 3.29 bits per heavy atom. The Labute approximate surface area is 103 Å². The van der Waals surface area contributed by atoms with E-state index < -0.39 is 0 Å². The van der Waals surface area contributed by atoms with Gasteiger partial charge in [-0.15, -0.1) is 0 Å². The minimum absolute atomic E-state index is 0.315. The van der Waals surface area contributed by atoms with Crippen LogP contribution in [-0.4, -0.2) is 35.7 Å². The third kappa shape index (κ3) is 3.49. The molecule has 4 nitrogen and oxygen atoms in total. The van der Waals surface area contributed by atoms with Crippen molar-refractivity contribution in [1.82, 2.24) is 9.88 Å². The van der Waals surface area contributed by atoms with Gasteiger partial charge in [0.2, 0.25) is 0 Å². The molecule has 0 bridgehead atoms. The molecule has 0 radical (unpaired) electrons. The third-order valence-corrected chi connectivity index (χ3v) is 3.11. The van der Waals surface area contributed by atoms with E-state index in [1.165, 1.54) is 5.56 Å². The number of nitrogens with zero attached hydrogens (tertiary/aromatic N) is 2. The molecule has 0 aliphatic carbocycles. The first-order chi connectivity index (χ1) is 8.29. The fraction of sp³-hybridized carbons (Fsp3) is 0.615. The van der Waals surface area contributed by atoms with Gasteiger partial charge in [0.25, 0.3) is 0 Å². The average Bonchev–Trinajstić information content (AvgIpc) is 2.54. The topological polar surface area (TPSA) is 51.4 Å². The fourth-order valence-electron chi connectivity index (χ4n) is 2.26. The Hall–Kier alpha value is -0.970. The summed E-state index contributed by atoms with van der Waals surface area (Å²) in [5, 5.41) is 0. The van der Waals surface area contributed by atoms with Gasteiger partial charge in [-0.2, -0.15) is 0 Å². The predicted molar refractivity (Wildman–Crippen MR) is 67.4 cm³/mol. The van der Waals surface area contributed by atoms with Gasteiger partial charge in [0.1, 0.15) is 0 Å². The highest BCUT2D eigenvalue weighted by Crippen LogP contribution is 2.12. The maximum absolute atomic E-state index is 5.71. The van der Waals surface area contributed by atoms with Crippen LogP contribution in [0.4, 0.5) is 0 Å². The maximum atomic E-state index is 5.71. The van der Waals surface area contributed by atoms with Gasteiger partial charge in [-0.05, 0) is 25.0 Å². The van der Waals surface area contributed by atoms with Gasteiger partial charge in [0, 0.05) is 39.0 Å². The summed E-state index contributed by atoms with van der Waals surface area (Å²) in [5.41, 5.74) is 7.95. The molecule has 1 aliphatic heterocycles. The quantitative estimate of drug-likeness (QED) is 0.854. The van der Waals surface area contributed by atoms with Crippen LogP contribution in [0.3, 0.4) is 0 Å². The van der Waals surface area contributed by atoms with Gasteiger partial charge in [-0.1, -0.05) is 6.07 Å². The summed E-state index contributed by atoms with van der Waals surface area (Å²) >= 11 is 0. The van der Waals surface area contributed by atoms with Crippen molar-refractivity contribution < 1.29 is 4.74 Å². The van der Waals surface area contributed by atoms with Crippen LogP contribution in [0.25, 0.3) is 0 Å². The lowest BCUT2D eigenvalue weighted by Gasteiger charge is -2.22. The molecule has 1 atom stereocenters. The Kier molecular flexibility index (Phi) is 4.48. The van der Waals surface area contributed by atoms with Crippen molar-refractivity contribution in [2.75, 3.05) is 19.7 Å². The summed E-state index contributed by atoms with van der Waals surface area (Å²) in [5.74, 6) is 0. The normalized spacial score (nSPS) is 22.4. The van der Waals surface area contributed by atoms with E-state index in [0.717, 1.165) is 38.4 Å². The highest BCUT2D eigenvalue weighted by Gasteiger charge is 2.16. The van der Waals surface area contributed by atoms with Crippen molar-refractivity contribution in [2.45, 2.75) is 32.5 Å². The molecule has 2 N–H and O–H groups in total. The van der Waals surface area contributed by atoms with Crippen LogP contribution in [0.5, 0.6) is 0 Å². The minimum Gasteiger partial charge on any atom is -0.377 e. The van der Waals surface area contributed by atoms with E-state index in [9.17, 15) is 0 Å². The van der Waals surface area contributed by atoms with E-state index in [2.05, 4.69) is 22.9 Å². The number of pyridine rings is 1. The first-order valence-corrected chi connectivity index (χ1v) is 6.26. The second-order valence-corrected chi connectivity index (χ2v) is 4.58. The predicted octanol–water partition coefficient (Wildman–Crippen LogP) is 1.15. The minimum atomic E-state index is 0.315. The van der Waals surface area contributed by atoms with E-state index in [4.69, 9.17) is 10.5 Å². The molecular weight excluding hydrogens is 214 g/mol. The molecule has 2 rings (SSSR count). The van der Waals surface area contributed by atoms with Crippen LogP contribution < -0.4 is 5.73 Å². The van der Waals surface area contributed by atoms with Gasteiger partial charge in [-0.25, -0.2) is 0 Å². The van der Waals surface area contributed by atoms with Gasteiger partial charge in [0.15, 0.2) is 0 Å². The SMILES string of the molecule is CC1CN(Cc2cccnc2CN)CCCO1. The van der Waals surface area contributed by atoms with Gasteiger partial charge in [-0.3, -0.25) is 9.88 Å². The van der Waals surface area contributed by atoms with Crippen molar-refractivity contribution in [3.8, 4) is 0 Å². The Morgan fingerprint density at radius 1 is 1.59 bits per heavy atom. The number of rotatable bonds is 3. The van der Waals surface area contributed by atoms with Crippen LogP contribution >= 0.6 is 0 Å². The summed E-state index contributed by atoms with van der Waals surface area (Å²) < 4.78 is 5.65. The van der Waals surface area contributed by atoms with E-state index in [1.807, 2.05) is 6.07 Å². The van der Waals surface area contributed by atoms with Crippen molar-refractivity contribution in [3.05, 3.63) is 29.6 Å².